The van der Waals surface area contributed by atoms with Gasteiger partial charge in [0.1, 0.15) is 17.2 Å². The fourth-order valence-corrected chi connectivity index (χ4v) is 5.01. The molecule has 0 atom stereocenters. The second-order valence-corrected chi connectivity index (χ2v) is 9.77. The molecule has 0 bridgehead atoms. The van der Waals surface area contributed by atoms with E-state index in [4.69, 9.17) is 11.6 Å². The minimum Gasteiger partial charge on any atom is -0.355 e. The Hall–Kier alpha value is -3.02. The summed E-state index contributed by atoms with van der Waals surface area (Å²) in [4.78, 5) is 13.4. The van der Waals surface area contributed by atoms with Crippen molar-refractivity contribution >= 4 is 17.4 Å². The summed E-state index contributed by atoms with van der Waals surface area (Å²) in [7, 11) is 0. The molecule has 2 aliphatic heterocycles. The largest absolute Gasteiger partial charge is 0.355 e. The summed E-state index contributed by atoms with van der Waals surface area (Å²) in [5, 5.41) is 19.7. The van der Waals surface area contributed by atoms with E-state index < -0.39 is 5.54 Å². The zero-order valence-corrected chi connectivity index (χ0v) is 19.9. The number of benzene rings is 1. The maximum Gasteiger partial charge on any atom is 0.151 e. The zero-order valence-electron chi connectivity index (χ0n) is 19.2. The minimum absolute atomic E-state index is 0.290. The second kappa shape index (κ2) is 8.40. The SMILES string of the molecule is Cc1nccnc1N1CCC(c2nnc3n2-c2ccc(Cl)cc2CN(C(C)(C)C#N)C3)CC1. The summed E-state index contributed by atoms with van der Waals surface area (Å²) in [6.07, 6.45) is 5.41. The molecule has 0 saturated carbocycles. The average molecular weight is 463 g/mol. The number of nitrogens with zero attached hydrogens (tertiary/aromatic N) is 8. The van der Waals surface area contributed by atoms with Gasteiger partial charge in [-0.3, -0.25) is 14.5 Å². The summed E-state index contributed by atoms with van der Waals surface area (Å²) in [6, 6.07) is 8.39. The van der Waals surface area contributed by atoms with Crippen molar-refractivity contribution in [2.45, 2.75) is 58.2 Å². The predicted molar refractivity (Wildman–Crippen MR) is 126 cm³/mol. The van der Waals surface area contributed by atoms with Crippen LogP contribution in [0, 0.1) is 18.3 Å². The Bertz CT molecular complexity index is 1220. The van der Waals surface area contributed by atoms with Crippen LogP contribution < -0.4 is 4.90 Å². The van der Waals surface area contributed by atoms with Crippen molar-refractivity contribution in [3.63, 3.8) is 0 Å². The number of anilines is 1. The van der Waals surface area contributed by atoms with Gasteiger partial charge in [0.05, 0.1) is 24.0 Å². The van der Waals surface area contributed by atoms with Crippen LogP contribution in [0.1, 0.15) is 55.5 Å². The molecule has 8 nitrogen and oxygen atoms in total. The molecule has 0 amide bonds. The van der Waals surface area contributed by atoms with E-state index in [1.54, 1.807) is 12.4 Å². The van der Waals surface area contributed by atoms with E-state index in [1.165, 1.54) is 0 Å². The highest BCUT2D eigenvalue weighted by Crippen LogP contribution is 2.35. The number of aryl methyl sites for hydroxylation is 1. The molecule has 4 heterocycles. The van der Waals surface area contributed by atoms with Crippen molar-refractivity contribution in [3.05, 3.63) is 58.5 Å². The van der Waals surface area contributed by atoms with Crippen LogP contribution >= 0.6 is 11.6 Å². The van der Waals surface area contributed by atoms with E-state index in [9.17, 15) is 5.26 Å². The van der Waals surface area contributed by atoms with Crippen molar-refractivity contribution in [3.8, 4) is 11.8 Å². The van der Waals surface area contributed by atoms with E-state index in [1.807, 2.05) is 32.9 Å². The van der Waals surface area contributed by atoms with Gasteiger partial charge < -0.3 is 4.90 Å². The summed E-state index contributed by atoms with van der Waals surface area (Å²) >= 11 is 6.36. The van der Waals surface area contributed by atoms with Crippen LogP contribution in [0.2, 0.25) is 5.02 Å². The van der Waals surface area contributed by atoms with E-state index in [0.717, 1.165) is 60.3 Å². The topological polar surface area (TPSA) is 86.8 Å². The number of hydrogen-bond acceptors (Lipinski definition) is 7. The molecule has 1 aromatic carbocycles. The van der Waals surface area contributed by atoms with Gasteiger partial charge in [-0.05, 0) is 57.4 Å². The number of aromatic nitrogens is 5. The van der Waals surface area contributed by atoms with Gasteiger partial charge in [-0.25, -0.2) is 4.98 Å². The Kier molecular flexibility index (Phi) is 5.55. The summed E-state index contributed by atoms with van der Waals surface area (Å²) in [6.45, 7) is 8.86. The van der Waals surface area contributed by atoms with Crippen LogP contribution in [0.25, 0.3) is 5.69 Å². The van der Waals surface area contributed by atoms with E-state index in [2.05, 4.69) is 46.7 Å². The normalized spacial score (nSPS) is 17.2. The van der Waals surface area contributed by atoms with Gasteiger partial charge in [-0.15, -0.1) is 10.2 Å². The first-order valence-corrected chi connectivity index (χ1v) is 11.7. The lowest BCUT2D eigenvalue weighted by molar-refractivity contribution is 0.147. The van der Waals surface area contributed by atoms with Gasteiger partial charge in [0, 0.05) is 43.0 Å². The molecule has 5 rings (SSSR count). The lowest BCUT2D eigenvalue weighted by atomic mass is 9.95. The van der Waals surface area contributed by atoms with Crippen molar-refractivity contribution in [1.82, 2.24) is 29.6 Å². The van der Waals surface area contributed by atoms with Crippen LogP contribution in [-0.4, -0.2) is 48.3 Å². The highest BCUT2D eigenvalue weighted by atomic mass is 35.5. The molecule has 0 unspecified atom stereocenters. The molecule has 170 valence electrons. The molecule has 3 aromatic rings. The third-order valence-electron chi connectivity index (χ3n) is 6.81. The number of nitriles is 1. The fourth-order valence-electron chi connectivity index (χ4n) is 4.82. The van der Waals surface area contributed by atoms with Crippen LogP contribution in [-0.2, 0) is 13.1 Å². The number of halogens is 1. The molecular formula is C24H27ClN8. The summed E-state index contributed by atoms with van der Waals surface area (Å²) < 4.78 is 2.20. The molecule has 9 heteroatoms. The zero-order chi connectivity index (χ0) is 23.2. The first kappa shape index (κ1) is 21.8. The molecule has 1 fully saturated rings. The predicted octanol–water partition coefficient (Wildman–Crippen LogP) is 4.02. The average Bonchev–Trinajstić information content (AvgIpc) is 3.15. The first-order valence-electron chi connectivity index (χ1n) is 11.3. The van der Waals surface area contributed by atoms with E-state index in [-0.39, 0.29) is 0 Å². The van der Waals surface area contributed by atoms with Gasteiger partial charge in [0.2, 0.25) is 0 Å². The lowest BCUT2D eigenvalue weighted by Gasteiger charge is -2.33. The van der Waals surface area contributed by atoms with Crippen LogP contribution in [0.5, 0.6) is 0 Å². The maximum absolute atomic E-state index is 9.76. The molecule has 33 heavy (non-hydrogen) atoms. The molecule has 2 aromatic heterocycles. The number of hydrogen-bond donors (Lipinski definition) is 0. The van der Waals surface area contributed by atoms with Gasteiger partial charge >= 0.3 is 0 Å². The van der Waals surface area contributed by atoms with E-state index >= 15 is 0 Å². The Morgan fingerprint density at radius 3 is 2.58 bits per heavy atom. The Balaban J connectivity index is 1.48. The summed E-state index contributed by atoms with van der Waals surface area (Å²) in [5.74, 6) is 3.10. The highest BCUT2D eigenvalue weighted by molar-refractivity contribution is 6.30. The maximum atomic E-state index is 9.76. The molecule has 0 aliphatic carbocycles. The molecule has 0 N–H and O–H groups in total. The third-order valence-corrected chi connectivity index (χ3v) is 7.05. The standard InChI is InChI=1S/C24H27ClN8/c1-16-22(28-9-8-27-16)31-10-6-17(7-11-31)23-30-29-21-14-32(24(2,3)15-26)13-18-12-19(25)4-5-20(18)33(21)23/h4-5,8-9,12,17H,6-7,10-11,13-14H2,1-3H3. The molecule has 0 radical (unpaired) electrons. The Morgan fingerprint density at radius 2 is 1.85 bits per heavy atom. The summed E-state index contributed by atoms with van der Waals surface area (Å²) in [5.41, 5.74) is 2.45. The molecule has 0 spiro atoms. The van der Waals surface area contributed by atoms with Crippen LogP contribution in [0.15, 0.2) is 30.6 Å². The van der Waals surface area contributed by atoms with Gasteiger partial charge in [-0.2, -0.15) is 5.26 Å². The minimum atomic E-state index is -0.638. The molecule has 2 aliphatic rings. The van der Waals surface area contributed by atoms with Crippen LogP contribution in [0.4, 0.5) is 5.82 Å². The monoisotopic (exact) mass is 462 g/mol. The number of rotatable bonds is 3. The fraction of sp³-hybridized carbons (Fsp3) is 0.458. The second-order valence-electron chi connectivity index (χ2n) is 9.34. The first-order chi connectivity index (χ1) is 15.9. The van der Waals surface area contributed by atoms with Crippen molar-refractivity contribution in [2.24, 2.45) is 0 Å². The Morgan fingerprint density at radius 1 is 1.09 bits per heavy atom. The Labute approximate surface area is 198 Å². The number of piperidine rings is 1. The quantitative estimate of drug-likeness (QED) is 0.580. The van der Waals surface area contributed by atoms with Crippen LogP contribution in [0.3, 0.4) is 0 Å². The van der Waals surface area contributed by atoms with Crippen molar-refractivity contribution in [2.75, 3.05) is 18.0 Å². The molecule has 1 saturated heterocycles. The van der Waals surface area contributed by atoms with Gasteiger partial charge in [0.25, 0.3) is 0 Å². The van der Waals surface area contributed by atoms with Crippen molar-refractivity contribution in [1.29, 1.82) is 5.26 Å². The van der Waals surface area contributed by atoms with E-state index in [0.29, 0.717) is 24.0 Å². The number of fused-ring (bicyclic) bond motifs is 3. The third kappa shape index (κ3) is 3.96. The smallest absolute Gasteiger partial charge is 0.151 e. The molecular weight excluding hydrogens is 436 g/mol. The van der Waals surface area contributed by atoms with Crippen molar-refractivity contribution < 1.29 is 0 Å². The highest BCUT2D eigenvalue weighted by Gasteiger charge is 2.34. The van der Waals surface area contributed by atoms with Gasteiger partial charge in [0.15, 0.2) is 5.82 Å². The lowest BCUT2D eigenvalue weighted by Crippen LogP contribution is -2.41. The van der Waals surface area contributed by atoms with Gasteiger partial charge in [-0.1, -0.05) is 11.6 Å².